The molecule has 0 heteroatoms. The summed E-state index contributed by atoms with van der Waals surface area (Å²) in [5, 5.41) is 0. The Labute approximate surface area is 129 Å². The molecule has 0 radical (unpaired) electrons. The zero-order valence-corrected chi connectivity index (χ0v) is 14.5. The summed E-state index contributed by atoms with van der Waals surface area (Å²) in [4.78, 5) is 0. The predicted octanol–water partition coefficient (Wildman–Crippen LogP) is 7.82. The molecule has 120 valence electrons. The molecule has 0 N–H and O–H groups in total. The number of hydrogen-bond acceptors (Lipinski definition) is 0. The summed E-state index contributed by atoms with van der Waals surface area (Å²) in [5.74, 6) is 0. The third-order valence-electron chi connectivity index (χ3n) is 4.27. The SMILES string of the molecule is C=C(CCCC)CCCCCCCCCCCCCC. The van der Waals surface area contributed by atoms with E-state index in [4.69, 9.17) is 0 Å². The van der Waals surface area contributed by atoms with Gasteiger partial charge in [0.15, 0.2) is 0 Å². The maximum absolute atomic E-state index is 4.18. The molecule has 0 aromatic rings. The minimum atomic E-state index is 1.26. The minimum Gasteiger partial charge on any atom is -0.0999 e. The Hall–Kier alpha value is -0.260. The first-order valence-corrected chi connectivity index (χ1v) is 9.47. The maximum Gasteiger partial charge on any atom is -0.0323 e. The van der Waals surface area contributed by atoms with Crippen molar-refractivity contribution in [3.63, 3.8) is 0 Å². The largest absolute Gasteiger partial charge is 0.0999 e. The van der Waals surface area contributed by atoms with E-state index in [1.54, 1.807) is 0 Å². The van der Waals surface area contributed by atoms with Gasteiger partial charge in [0, 0.05) is 0 Å². The van der Waals surface area contributed by atoms with Crippen molar-refractivity contribution in [2.45, 2.75) is 117 Å². The molecule has 0 bridgehead atoms. The highest BCUT2D eigenvalue weighted by Crippen LogP contribution is 2.16. The number of allylic oxidation sites excluding steroid dienone is 1. The Morgan fingerprint density at radius 2 is 0.850 bits per heavy atom. The summed E-state index contributed by atoms with van der Waals surface area (Å²) in [6.07, 6.45) is 22.4. The fourth-order valence-corrected chi connectivity index (χ4v) is 2.77. The average Bonchev–Trinajstić information content (AvgIpc) is 2.46. The molecule has 0 aromatic carbocycles. The lowest BCUT2D eigenvalue weighted by atomic mass is 10.0. The van der Waals surface area contributed by atoms with Gasteiger partial charge < -0.3 is 0 Å². The summed E-state index contributed by atoms with van der Waals surface area (Å²) in [6, 6.07) is 0. The highest BCUT2D eigenvalue weighted by Gasteiger charge is 1.96. The topological polar surface area (TPSA) is 0 Å². The average molecular weight is 281 g/mol. The van der Waals surface area contributed by atoms with Gasteiger partial charge in [0.25, 0.3) is 0 Å². The Bertz CT molecular complexity index is 192. The lowest BCUT2D eigenvalue weighted by Gasteiger charge is -2.05. The van der Waals surface area contributed by atoms with Crippen LogP contribution in [0.1, 0.15) is 117 Å². The molecule has 0 saturated carbocycles. The smallest absolute Gasteiger partial charge is 0.0323 e. The fraction of sp³-hybridized carbons (Fsp3) is 0.900. The first-order chi connectivity index (χ1) is 9.81. The molecule has 0 aliphatic heterocycles. The second-order valence-corrected chi connectivity index (χ2v) is 6.49. The minimum absolute atomic E-state index is 1.26. The predicted molar refractivity (Wildman–Crippen MR) is 94.4 cm³/mol. The van der Waals surface area contributed by atoms with Crippen LogP contribution >= 0.6 is 0 Å². The third kappa shape index (κ3) is 15.8. The van der Waals surface area contributed by atoms with Crippen molar-refractivity contribution in [2.75, 3.05) is 0 Å². The van der Waals surface area contributed by atoms with Gasteiger partial charge in [-0.25, -0.2) is 0 Å². The van der Waals surface area contributed by atoms with Crippen LogP contribution in [-0.2, 0) is 0 Å². The van der Waals surface area contributed by atoms with E-state index in [1.165, 1.54) is 108 Å². The summed E-state index contributed by atoms with van der Waals surface area (Å²) < 4.78 is 0. The van der Waals surface area contributed by atoms with Gasteiger partial charge in [-0.05, 0) is 25.7 Å². The normalized spacial score (nSPS) is 10.9. The summed E-state index contributed by atoms with van der Waals surface area (Å²) in [5.41, 5.74) is 1.49. The number of hydrogen-bond donors (Lipinski definition) is 0. The van der Waals surface area contributed by atoms with Gasteiger partial charge >= 0.3 is 0 Å². The lowest BCUT2D eigenvalue weighted by molar-refractivity contribution is 0.542. The van der Waals surface area contributed by atoms with Crippen LogP contribution in [0.2, 0.25) is 0 Å². The van der Waals surface area contributed by atoms with Gasteiger partial charge in [0.1, 0.15) is 0 Å². The van der Waals surface area contributed by atoms with Crippen LogP contribution in [0.3, 0.4) is 0 Å². The summed E-state index contributed by atoms with van der Waals surface area (Å²) >= 11 is 0. The molecular weight excluding hydrogens is 240 g/mol. The van der Waals surface area contributed by atoms with Crippen LogP contribution in [0.5, 0.6) is 0 Å². The molecule has 0 aliphatic rings. The molecule has 0 saturated heterocycles. The van der Waals surface area contributed by atoms with E-state index in [9.17, 15) is 0 Å². The monoisotopic (exact) mass is 280 g/mol. The third-order valence-corrected chi connectivity index (χ3v) is 4.27. The summed E-state index contributed by atoms with van der Waals surface area (Å²) in [6.45, 7) is 8.73. The molecule has 0 amide bonds. The van der Waals surface area contributed by atoms with Gasteiger partial charge in [0.05, 0.1) is 0 Å². The van der Waals surface area contributed by atoms with Crippen LogP contribution < -0.4 is 0 Å². The van der Waals surface area contributed by atoms with Crippen molar-refractivity contribution in [3.05, 3.63) is 12.2 Å². The number of rotatable bonds is 16. The van der Waals surface area contributed by atoms with Crippen LogP contribution in [-0.4, -0.2) is 0 Å². The van der Waals surface area contributed by atoms with Gasteiger partial charge in [-0.3, -0.25) is 0 Å². The zero-order valence-electron chi connectivity index (χ0n) is 14.5. The highest BCUT2D eigenvalue weighted by atomic mass is 14.0. The van der Waals surface area contributed by atoms with Crippen LogP contribution in [0.25, 0.3) is 0 Å². The summed E-state index contributed by atoms with van der Waals surface area (Å²) in [7, 11) is 0. The van der Waals surface area contributed by atoms with E-state index in [2.05, 4.69) is 20.4 Å². The Morgan fingerprint density at radius 3 is 1.30 bits per heavy atom. The second-order valence-electron chi connectivity index (χ2n) is 6.49. The molecule has 0 aromatic heterocycles. The fourth-order valence-electron chi connectivity index (χ4n) is 2.77. The molecule has 0 unspecified atom stereocenters. The van der Waals surface area contributed by atoms with Crippen LogP contribution in [0.4, 0.5) is 0 Å². The zero-order chi connectivity index (χ0) is 14.9. The van der Waals surface area contributed by atoms with Gasteiger partial charge in [-0.2, -0.15) is 0 Å². The van der Waals surface area contributed by atoms with Crippen LogP contribution in [0, 0.1) is 0 Å². The van der Waals surface area contributed by atoms with Crippen molar-refractivity contribution in [2.24, 2.45) is 0 Å². The Morgan fingerprint density at radius 1 is 0.500 bits per heavy atom. The van der Waals surface area contributed by atoms with E-state index in [0.717, 1.165) is 0 Å². The Balaban J connectivity index is 3.04. The molecule has 0 rings (SSSR count). The molecular formula is C20H40. The second kappa shape index (κ2) is 16.8. The van der Waals surface area contributed by atoms with Crippen molar-refractivity contribution in [1.82, 2.24) is 0 Å². The molecule has 20 heavy (non-hydrogen) atoms. The first-order valence-electron chi connectivity index (χ1n) is 9.47. The quantitative estimate of drug-likeness (QED) is 0.200. The van der Waals surface area contributed by atoms with Crippen molar-refractivity contribution < 1.29 is 0 Å². The van der Waals surface area contributed by atoms with Crippen molar-refractivity contribution >= 4 is 0 Å². The van der Waals surface area contributed by atoms with E-state index < -0.39 is 0 Å². The molecule has 0 heterocycles. The Kier molecular flexibility index (Phi) is 16.6. The standard InChI is InChI=1S/C20H40/c1-4-6-8-9-10-11-12-13-14-15-16-17-19-20(3)18-7-5-2/h3-19H2,1-2H3. The lowest BCUT2D eigenvalue weighted by Crippen LogP contribution is -1.85. The van der Waals surface area contributed by atoms with Gasteiger partial charge in [0.2, 0.25) is 0 Å². The van der Waals surface area contributed by atoms with E-state index >= 15 is 0 Å². The maximum atomic E-state index is 4.18. The van der Waals surface area contributed by atoms with Gasteiger partial charge in [-0.15, -0.1) is 0 Å². The van der Waals surface area contributed by atoms with E-state index in [0.29, 0.717) is 0 Å². The van der Waals surface area contributed by atoms with E-state index in [-0.39, 0.29) is 0 Å². The first kappa shape index (κ1) is 19.7. The molecule has 0 spiro atoms. The molecule has 0 fully saturated rings. The molecule has 0 aliphatic carbocycles. The molecule has 0 atom stereocenters. The molecule has 0 nitrogen and oxygen atoms in total. The van der Waals surface area contributed by atoms with Crippen molar-refractivity contribution in [3.8, 4) is 0 Å². The highest BCUT2D eigenvalue weighted by molar-refractivity contribution is 4.93. The van der Waals surface area contributed by atoms with E-state index in [1.807, 2.05) is 0 Å². The van der Waals surface area contributed by atoms with Crippen LogP contribution in [0.15, 0.2) is 12.2 Å². The van der Waals surface area contributed by atoms with Crippen molar-refractivity contribution in [1.29, 1.82) is 0 Å². The number of unbranched alkanes of at least 4 members (excludes halogenated alkanes) is 12. The van der Waals surface area contributed by atoms with Gasteiger partial charge in [-0.1, -0.05) is 103 Å².